The number of hydrogen-bond donors (Lipinski definition) is 0. The zero-order valence-corrected chi connectivity index (χ0v) is 14.1. The predicted octanol–water partition coefficient (Wildman–Crippen LogP) is 5.38. The van der Waals surface area contributed by atoms with Crippen molar-refractivity contribution in [3.05, 3.63) is 64.1 Å². The lowest BCUT2D eigenvalue weighted by molar-refractivity contribution is 0.0981. The van der Waals surface area contributed by atoms with Gasteiger partial charge in [-0.05, 0) is 55.3 Å². The standard InChI is InChI=1S/C11H13NO2.C8H10O/c1-3-4-11(13)10-7-9(12-14)6-5-8(10)2;1-7-3-5-8(9-2)6-4-7/h5-7H,3-4H2,1-2H3;3-6H,1-2H3. The van der Waals surface area contributed by atoms with E-state index in [2.05, 4.69) is 12.1 Å². The Morgan fingerprint density at radius 3 is 2.26 bits per heavy atom. The summed E-state index contributed by atoms with van der Waals surface area (Å²) in [5.74, 6) is 0.996. The zero-order chi connectivity index (χ0) is 17.2. The van der Waals surface area contributed by atoms with Crippen LogP contribution in [0.25, 0.3) is 0 Å². The van der Waals surface area contributed by atoms with E-state index in [1.165, 1.54) is 5.56 Å². The zero-order valence-electron chi connectivity index (χ0n) is 14.1. The molecule has 0 N–H and O–H groups in total. The predicted molar refractivity (Wildman–Crippen MR) is 93.6 cm³/mol. The minimum absolute atomic E-state index is 0.0792. The fourth-order valence-corrected chi connectivity index (χ4v) is 2.00. The molecule has 0 unspecified atom stereocenters. The van der Waals surface area contributed by atoms with Crippen LogP contribution in [0.2, 0.25) is 0 Å². The van der Waals surface area contributed by atoms with Gasteiger partial charge in [0.2, 0.25) is 0 Å². The van der Waals surface area contributed by atoms with Crippen molar-refractivity contribution in [3.8, 4) is 5.75 Å². The molecule has 0 heterocycles. The van der Waals surface area contributed by atoms with E-state index in [1.54, 1.807) is 25.3 Å². The summed E-state index contributed by atoms with van der Waals surface area (Å²) in [5.41, 5.74) is 3.09. The average molecular weight is 313 g/mol. The monoisotopic (exact) mass is 313 g/mol. The Morgan fingerprint density at radius 2 is 1.74 bits per heavy atom. The van der Waals surface area contributed by atoms with Gasteiger partial charge in [0, 0.05) is 12.0 Å². The van der Waals surface area contributed by atoms with Gasteiger partial charge in [-0.2, -0.15) is 0 Å². The van der Waals surface area contributed by atoms with Crippen LogP contribution in [0.4, 0.5) is 5.69 Å². The van der Waals surface area contributed by atoms with Crippen LogP contribution in [0.5, 0.6) is 5.75 Å². The molecule has 0 aromatic heterocycles. The molecule has 0 fully saturated rings. The Labute approximate surface area is 137 Å². The summed E-state index contributed by atoms with van der Waals surface area (Å²) in [7, 11) is 1.67. The molecule has 0 aliphatic rings. The molecular formula is C19H23NO3. The van der Waals surface area contributed by atoms with Crippen molar-refractivity contribution in [2.75, 3.05) is 7.11 Å². The first kappa shape index (κ1) is 18.6. The summed E-state index contributed by atoms with van der Waals surface area (Å²) in [6.45, 7) is 5.87. The number of benzene rings is 2. The Kier molecular flexibility index (Phi) is 7.67. The van der Waals surface area contributed by atoms with Crippen LogP contribution in [0.15, 0.2) is 47.6 Å². The Balaban J connectivity index is 0.000000253. The van der Waals surface area contributed by atoms with Crippen molar-refractivity contribution in [1.82, 2.24) is 0 Å². The smallest absolute Gasteiger partial charge is 0.163 e. The van der Waals surface area contributed by atoms with Crippen LogP contribution in [-0.2, 0) is 0 Å². The second-order valence-electron chi connectivity index (χ2n) is 5.28. The van der Waals surface area contributed by atoms with Gasteiger partial charge < -0.3 is 4.74 Å². The van der Waals surface area contributed by atoms with E-state index in [1.807, 2.05) is 38.1 Å². The highest BCUT2D eigenvalue weighted by Gasteiger charge is 2.08. The van der Waals surface area contributed by atoms with Crippen LogP contribution in [-0.4, -0.2) is 12.9 Å². The van der Waals surface area contributed by atoms with Gasteiger partial charge in [-0.15, -0.1) is 4.91 Å². The first-order chi connectivity index (χ1) is 11.0. The summed E-state index contributed by atoms with van der Waals surface area (Å²) in [5, 5.41) is 2.81. The molecule has 0 amide bonds. The van der Waals surface area contributed by atoms with Crippen LogP contribution in [0.1, 0.15) is 41.3 Å². The molecule has 23 heavy (non-hydrogen) atoms. The van der Waals surface area contributed by atoms with Gasteiger partial charge in [-0.3, -0.25) is 4.79 Å². The number of carbonyl (C=O) groups is 1. The maximum atomic E-state index is 11.6. The number of methoxy groups -OCH3 is 1. The van der Waals surface area contributed by atoms with Gasteiger partial charge >= 0.3 is 0 Å². The van der Waals surface area contributed by atoms with E-state index in [4.69, 9.17) is 4.74 Å². The van der Waals surface area contributed by atoms with Crippen LogP contribution in [0, 0.1) is 18.8 Å². The van der Waals surface area contributed by atoms with Gasteiger partial charge in [0.15, 0.2) is 5.78 Å². The number of ketones is 1. The maximum Gasteiger partial charge on any atom is 0.163 e. The fourth-order valence-electron chi connectivity index (χ4n) is 2.00. The molecule has 2 aromatic rings. The molecule has 0 atom stereocenters. The maximum absolute atomic E-state index is 11.6. The summed E-state index contributed by atoms with van der Waals surface area (Å²) in [6, 6.07) is 12.9. The highest BCUT2D eigenvalue weighted by molar-refractivity contribution is 5.98. The number of rotatable bonds is 5. The summed E-state index contributed by atoms with van der Waals surface area (Å²) in [6.07, 6.45) is 1.33. The number of nitroso groups, excluding NO2 is 1. The third-order valence-corrected chi connectivity index (χ3v) is 3.36. The second-order valence-corrected chi connectivity index (χ2v) is 5.28. The summed E-state index contributed by atoms with van der Waals surface area (Å²) < 4.78 is 4.97. The Morgan fingerprint density at radius 1 is 1.09 bits per heavy atom. The van der Waals surface area contributed by atoms with E-state index in [9.17, 15) is 9.70 Å². The van der Waals surface area contributed by atoms with Crippen molar-refractivity contribution >= 4 is 11.5 Å². The molecule has 0 saturated heterocycles. The largest absolute Gasteiger partial charge is 0.497 e. The minimum atomic E-state index is 0.0792. The molecular weight excluding hydrogens is 290 g/mol. The van der Waals surface area contributed by atoms with Crippen LogP contribution < -0.4 is 4.74 Å². The molecule has 2 rings (SSSR count). The van der Waals surface area contributed by atoms with Crippen molar-refractivity contribution in [3.63, 3.8) is 0 Å². The van der Waals surface area contributed by atoms with E-state index in [-0.39, 0.29) is 5.78 Å². The number of carbonyl (C=O) groups excluding carboxylic acids is 1. The SMILES string of the molecule is CCCC(=O)c1cc(N=O)ccc1C.COc1ccc(C)cc1. The van der Waals surface area contributed by atoms with E-state index in [0.29, 0.717) is 17.7 Å². The molecule has 0 bridgehead atoms. The second kappa shape index (κ2) is 9.51. The van der Waals surface area contributed by atoms with Gasteiger partial charge in [-0.1, -0.05) is 30.7 Å². The van der Waals surface area contributed by atoms with Gasteiger partial charge in [0.05, 0.1) is 7.11 Å². The van der Waals surface area contributed by atoms with Gasteiger partial charge in [0.25, 0.3) is 0 Å². The van der Waals surface area contributed by atoms with Crippen molar-refractivity contribution in [2.45, 2.75) is 33.6 Å². The molecule has 4 nitrogen and oxygen atoms in total. The number of aryl methyl sites for hydroxylation is 2. The molecule has 2 aromatic carbocycles. The minimum Gasteiger partial charge on any atom is -0.497 e. The first-order valence-corrected chi connectivity index (χ1v) is 7.59. The van der Waals surface area contributed by atoms with Crippen molar-refractivity contribution in [2.24, 2.45) is 5.18 Å². The normalized spacial score (nSPS) is 9.57. The molecule has 0 spiro atoms. The summed E-state index contributed by atoms with van der Waals surface area (Å²) >= 11 is 0. The Bertz CT molecular complexity index is 648. The lowest BCUT2D eigenvalue weighted by atomic mass is 10.0. The highest BCUT2D eigenvalue weighted by Crippen LogP contribution is 2.19. The highest BCUT2D eigenvalue weighted by atomic mass is 16.5. The lowest BCUT2D eigenvalue weighted by Gasteiger charge is -2.03. The number of hydrogen-bond acceptors (Lipinski definition) is 4. The number of ether oxygens (including phenoxy) is 1. The molecule has 4 heteroatoms. The number of Topliss-reactive ketones (excluding diaryl/α,β-unsaturated/α-hetero) is 1. The quantitative estimate of drug-likeness (QED) is 0.550. The van der Waals surface area contributed by atoms with Crippen molar-refractivity contribution < 1.29 is 9.53 Å². The van der Waals surface area contributed by atoms with Crippen molar-refractivity contribution in [1.29, 1.82) is 0 Å². The van der Waals surface area contributed by atoms with Gasteiger partial charge in [-0.25, -0.2) is 0 Å². The first-order valence-electron chi connectivity index (χ1n) is 7.59. The van der Waals surface area contributed by atoms with Gasteiger partial charge in [0.1, 0.15) is 11.4 Å². The molecule has 0 radical (unpaired) electrons. The topological polar surface area (TPSA) is 55.7 Å². The summed E-state index contributed by atoms with van der Waals surface area (Å²) in [4.78, 5) is 21.9. The molecule has 0 aliphatic carbocycles. The number of nitrogens with zero attached hydrogens (tertiary/aromatic N) is 1. The lowest BCUT2D eigenvalue weighted by Crippen LogP contribution is -2.00. The van der Waals surface area contributed by atoms with E-state index >= 15 is 0 Å². The van der Waals surface area contributed by atoms with Crippen LogP contribution in [0.3, 0.4) is 0 Å². The van der Waals surface area contributed by atoms with E-state index in [0.717, 1.165) is 17.7 Å². The Hall–Kier alpha value is -2.49. The average Bonchev–Trinajstić information content (AvgIpc) is 2.57. The third kappa shape index (κ3) is 6.02. The fraction of sp³-hybridized carbons (Fsp3) is 0.316. The van der Waals surface area contributed by atoms with Crippen LogP contribution >= 0.6 is 0 Å². The third-order valence-electron chi connectivity index (χ3n) is 3.36. The molecule has 0 aliphatic heterocycles. The molecule has 122 valence electrons. The van der Waals surface area contributed by atoms with E-state index < -0.39 is 0 Å². The molecule has 0 saturated carbocycles.